The van der Waals surface area contributed by atoms with Crippen molar-refractivity contribution >= 4 is 17.5 Å². The predicted octanol–water partition coefficient (Wildman–Crippen LogP) is 3.54. The fourth-order valence-electron chi connectivity index (χ4n) is 2.27. The molecule has 0 aliphatic rings. The zero-order valence-corrected chi connectivity index (χ0v) is 15.0. The number of anilines is 1. The maximum atomic E-state index is 12.3. The van der Waals surface area contributed by atoms with Gasteiger partial charge in [0.05, 0.1) is 6.10 Å². The van der Waals surface area contributed by atoms with Crippen LogP contribution in [0.15, 0.2) is 48.5 Å². The number of carbonyl (C=O) groups excluding carboxylic acids is 2. The minimum Gasteiger partial charge on any atom is -0.491 e. The lowest BCUT2D eigenvalue weighted by molar-refractivity contribution is -0.117. The van der Waals surface area contributed by atoms with Gasteiger partial charge in [0.2, 0.25) is 5.91 Å². The standard InChI is InChI=1S/C20H24N2O3/c1-13(2)25-18-10-8-17(9-11-18)22-19(23)15(4)21-20(24)16-7-5-6-14(3)12-16/h5-13,15H,1-4H3,(H,21,24)(H,22,23). The summed E-state index contributed by atoms with van der Waals surface area (Å²) in [6.07, 6.45) is 0.0947. The SMILES string of the molecule is Cc1cccc(C(=O)NC(C)C(=O)Nc2ccc(OC(C)C)cc2)c1. The summed E-state index contributed by atoms with van der Waals surface area (Å²) in [5.41, 5.74) is 2.18. The van der Waals surface area contributed by atoms with Gasteiger partial charge in [-0.1, -0.05) is 17.7 Å². The van der Waals surface area contributed by atoms with Crippen LogP contribution in [0.2, 0.25) is 0 Å². The minimum absolute atomic E-state index is 0.0947. The zero-order valence-electron chi connectivity index (χ0n) is 15.0. The number of hydrogen-bond acceptors (Lipinski definition) is 3. The smallest absolute Gasteiger partial charge is 0.251 e. The quantitative estimate of drug-likeness (QED) is 0.845. The molecule has 2 aromatic carbocycles. The highest BCUT2D eigenvalue weighted by Gasteiger charge is 2.16. The van der Waals surface area contributed by atoms with Crippen molar-refractivity contribution in [3.05, 3.63) is 59.7 Å². The summed E-state index contributed by atoms with van der Waals surface area (Å²) < 4.78 is 5.56. The molecule has 0 heterocycles. The van der Waals surface area contributed by atoms with Crippen molar-refractivity contribution in [2.24, 2.45) is 0 Å². The zero-order chi connectivity index (χ0) is 18.4. The first-order valence-electron chi connectivity index (χ1n) is 8.30. The number of amides is 2. The summed E-state index contributed by atoms with van der Waals surface area (Å²) in [4.78, 5) is 24.5. The van der Waals surface area contributed by atoms with E-state index < -0.39 is 6.04 Å². The molecule has 0 spiro atoms. The molecule has 0 saturated heterocycles. The van der Waals surface area contributed by atoms with Gasteiger partial charge in [0.25, 0.3) is 5.91 Å². The fraction of sp³-hybridized carbons (Fsp3) is 0.300. The molecule has 5 heteroatoms. The fourth-order valence-corrected chi connectivity index (χ4v) is 2.27. The summed E-state index contributed by atoms with van der Waals surface area (Å²) in [5.74, 6) is 0.194. The van der Waals surface area contributed by atoms with Crippen molar-refractivity contribution in [2.75, 3.05) is 5.32 Å². The Morgan fingerprint density at radius 2 is 1.68 bits per heavy atom. The van der Waals surface area contributed by atoms with E-state index in [9.17, 15) is 9.59 Å². The molecule has 1 atom stereocenters. The Balaban J connectivity index is 1.92. The van der Waals surface area contributed by atoms with E-state index in [1.165, 1.54) is 0 Å². The average Bonchev–Trinajstić information content (AvgIpc) is 2.56. The van der Waals surface area contributed by atoms with Crippen LogP contribution in [0.4, 0.5) is 5.69 Å². The number of carbonyl (C=O) groups is 2. The Hall–Kier alpha value is -2.82. The van der Waals surface area contributed by atoms with Crippen LogP contribution in [-0.4, -0.2) is 24.0 Å². The molecule has 2 N–H and O–H groups in total. The lowest BCUT2D eigenvalue weighted by Crippen LogP contribution is -2.41. The molecule has 0 aliphatic heterocycles. The lowest BCUT2D eigenvalue weighted by Gasteiger charge is -2.15. The highest BCUT2D eigenvalue weighted by molar-refractivity contribution is 6.01. The van der Waals surface area contributed by atoms with Crippen molar-refractivity contribution in [1.29, 1.82) is 0 Å². The second-order valence-electron chi connectivity index (χ2n) is 6.24. The average molecular weight is 340 g/mol. The molecule has 0 bridgehead atoms. The number of hydrogen-bond donors (Lipinski definition) is 2. The van der Waals surface area contributed by atoms with Crippen LogP contribution in [0, 0.1) is 6.92 Å². The van der Waals surface area contributed by atoms with Gasteiger partial charge in [-0.2, -0.15) is 0 Å². The van der Waals surface area contributed by atoms with Crippen LogP contribution in [0.5, 0.6) is 5.75 Å². The molecule has 0 saturated carbocycles. The second-order valence-corrected chi connectivity index (χ2v) is 6.24. The van der Waals surface area contributed by atoms with E-state index in [-0.39, 0.29) is 17.9 Å². The Kier molecular flexibility index (Phi) is 6.17. The summed E-state index contributed by atoms with van der Waals surface area (Å²) in [7, 11) is 0. The van der Waals surface area contributed by atoms with Gasteiger partial charge in [0, 0.05) is 11.3 Å². The molecule has 0 radical (unpaired) electrons. The van der Waals surface area contributed by atoms with Crippen molar-refractivity contribution < 1.29 is 14.3 Å². The maximum absolute atomic E-state index is 12.3. The van der Waals surface area contributed by atoms with Crippen molar-refractivity contribution in [3.8, 4) is 5.75 Å². The van der Waals surface area contributed by atoms with Gasteiger partial charge in [0.15, 0.2) is 0 Å². The predicted molar refractivity (Wildman–Crippen MR) is 98.9 cm³/mol. The minimum atomic E-state index is -0.653. The first kappa shape index (κ1) is 18.5. The van der Waals surface area contributed by atoms with Crippen molar-refractivity contribution in [2.45, 2.75) is 39.8 Å². The summed E-state index contributed by atoms with van der Waals surface area (Å²) in [6, 6.07) is 13.7. The number of aryl methyl sites for hydroxylation is 1. The monoisotopic (exact) mass is 340 g/mol. The van der Waals surface area contributed by atoms with Gasteiger partial charge in [-0.05, 0) is 64.1 Å². The Bertz CT molecular complexity index is 739. The van der Waals surface area contributed by atoms with Crippen LogP contribution in [0.1, 0.15) is 36.7 Å². The number of nitrogens with one attached hydrogen (secondary N) is 2. The van der Waals surface area contributed by atoms with Crippen LogP contribution in [-0.2, 0) is 4.79 Å². The number of ether oxygens (including phenoxy) is 1. The van der Waals surface area contributed by atoms with Gasteiger partial charge in [-0.25, -0.2) is 0 Å². The summed E-state index contributed by atoms with van der Waals surface area (Å²) in [5, 5.41) is 5.49. The van der Waals surface area contributed by atoms with E-state index in [2.05, 4.69) is 10.6 Å². The number of benzene rings is 2. The summed E-state index contributed by atoms with van der Waals surface area (Å²) >= 11 is 0. The van der Waals surface area contributed by atoms with E-state index in [0.29, 0.717) is 11.3 Å². The van der Waals surface area contributed by atoms with Crippen molar-refractivity contribution in [3.63, 3.8) is 0 Å². The normalized spacial score (nSPS) is 11.7. The molecule has 0 aliphatic carbocycles. The van der Waals surface area contributed by atoms with Gasteiger partial charge in [0.1, 0.15) is 11.8 Å². The Morgan fingerprint density at radius 3 is 2.28 bits per heavy atom. The molecule has 2 rings (SSSR count). The van der Waals surface area contributed by atoms with Crippen LogP contribution < -0.4 is 15.4 Å². The molecule has 1 unspecified atom stereocenters. The highest BCUT2D eigenvalue weighted by atomic mass is 16.5. The first-order chi connectivity index (χ1) is 11.8. The van der Waals surface area contributed by atoms with Crippen LogP contribution in [0.3, 0.4) is 0 Å². The van der Waals surface area contributed by atoms with E-state index in [1.54, 1.807) is 43.3 Å². The molecule has 0 aromatic heterocycles. The van der Waals surface area contributed by atoms with E-state index in [0.717, 1.165) is 11.3 Å². The van der Waals surface area contributed by atoms with E-state index >= 15 is 0 Å². The molecule has 0 fully saturated rings. The van der Waals surface area contributed by atoms with E-state index in [1.807, 2.05) is 32.9 Å². The molecule has 132 valence electrons. The van der Waals surface area contributed by atoms with Gasteiger partial charge < -0.3 is 15.4 Å². The Labute approximate surface area is 148 Å². The third kappa shape index (κ3) is 5.64. The first-order valence-corrected chi connectivity index (χ1v) is 8.30. The van der Waals surface area contributed by atoms with E-state index in [4.69, 9.17) is 4.74 Å². The second kappa shape index (κ2) is 8.33. The van der Waals surface area contributed by atoms with Gasteiger partial charge in [-0.15, -0.1) is 0 Å². The lowest BCUT2D eigenvalue weighted by atomic mass is 10.1. The van der Waals surface area contributed by atoms with Crippen molar-refractivity contribution in [1.82, 2.24) is 5.32 Å². The Morgan fingerprint density at radius 1 is 1.00 bits per heavy atom. The van der Waals surface area contributed by atoms with Gasteiger partial charge in [-0.3, -0.25) is 9.59 Å². The third-order valence-electron chi connectivity index (χ3n) is 3.51. The highest BCUT2D eigenvalue weighted by Crippen LogP contribution is 2.17. The third-order valence-corrected chi connectivity index (χ3v) is 3.51. The molecular weight excluding hydrogens is 316 g/mol. The van der Waals surface area contributed by atoms with Crippen LogP contribution >= 0.6 is 0 Å². The molecular formula is C20H24N2O3. The summed E-state index contributed by atoms with van der Waals surface area (Å²) in [6.45, 7) is 7.47. The molecule has 25 heavy (non-hydrogen) atoms. The molecule has 2 amide bonds. The number of rotatable bonds is 6. The van der Waals surface area contributed by atoms with Crippen LogP contribution in [0.25, 0.3) is 0 Å². The maximum Gasteiger partial charge on any atom is 0.251 e. The molecule has 2 aromatic rings. The van der Waals surface area contributed by atoms with Gasteiger partial charge >= 0.3 is 0 Å². The topological polar surface area (TPSA) is 67.4 Å². The molecule has 5 nitrogen and oxygen atoms in total. The largest absolute Gasteiger partial charge is 0.491 e.